The first-order valence-electron chi connectivity index (χ1n) is 26.4. The molecule has 2 heterocycles. The summed E-state index contributed by atoms with van der Waals surface area (Å²) in [5.74, 6) is -0.577. The van der Waals surface area contributed by atoms with E-state index in [-0.39, 0.29) is 56.4 Å². The van der Waals surface area contributed by atoms with E-state index in [4.69, 9.17) is 28.9 Å². The first-order valence-corrected chi connectivity index (χ1v) is 26.4. The molecule has 11 heteroatoms. The standard InChI is InChI=1S/C63H65N3O8/c1-2-36-71-63-58(66(62(69)47-26-24-43(41-64)25-27-47)42-49-20-14-19-46-17-6-7-21-52(46)49)40-56(65-74-59-23-10-13-37-70-59)54-38-48(18-8-11-34-67)53(22-9-12-35-68)60(61(54)63)55-39-51(32-33-57(55)73-63)72-50-30-28-45(29-31-50)44-15-4-3-5-16-44/h2-7,14-17,19-21,24-33,38-39,48,53,58-61,67-68H,1,8-13,18,22-23,34-37,40,42H2. The van der Waals surface area contributed by atoms with Gasteiger partial charge in [-0.2, -0.15) is 5.26 Å². The Morgan fingerprint density at radius 2 is 1.58 bits per heavy atom. The number of oxime groups is 1. The second-order valence-corrected chi connectivity index (χ2v) is 19.9. The van der Waals surface area contributed by atoms with Crippen LogP contribution in [0, 0.1) is 29.1 Å². The summed E-state index contributed by atoms with van der Waals surface area (Å²) >= 11 is 0. The van der Waals surface area contributed by atoms with Crippen molar-refractivity contribution in [3.63, 3.8) is 0 Å². The third kappa shape index (κ3) is 10.6. The number of amides is 1. The van der Waals surface area contributed by atoms with Crippen LogP contribution in [0.25, 0.3) is 21.9 Å². The highest BCUT2D eigenvalue weighted by Gasteiger charge is 2.65. The van der Waals surface area contributed by atoms with Crippen LogP contribution in [0.4, 0.5) is 0 Å². The average Bonchev–Trinajstić information content (AvgIpc) is 3.45. The molecule has 2 aliphatic carbocycles. The Hall–Kier alpha value is -7.07. The molecule has 0 bridgehead atoms. The van der Waals surface area contributed by atoms with E-state index >= 15 is 4.79 Å². The Labute approximate surface area is 434 Å². The SMILES string of the molecule is C=CCOC12Oc3ccc(Oc4ccc(-c5ccccc5)cc4)cc3C3C(CCCCO)C(CCCCO)C=C(C(=NOC4CCCCO4)CC1N(Cc1cccc4ccccc14)C(=O)c1ccc(C#N)cc1)C32. The number of rotatable bonds is 20. The predicted octanol–water partition coefficient (Wildman–Crippen LogP) is 12.7. The molecule has 1 saturated heterocycles. The van der Waals surface area contributed by atoms with E-state index in [1.165, 1.54) is 0 Å². The maximum absolute atomic E-state index is 15.8. The molecule has 1 amide bonds. The molecule has 7 unspecified atom stereocenters. The lowest BCUT2D eigenvalue weighted by molar-refractivity contribution is -0.255. The second kappa shape index (κ2) is 23.4. The van der Waals surface area contributed by atoms with Gasteiger partial charge in [-0.3, -0.25) is 4.79 Å². The van der Waals surface area contributed by atoms with Gasteiger partial charge in [0.15, 0.2) is 0 Å². The van der Waals surface area contributed by atoms with E-state index in [0.717, 1.165) is 77.1 Å². The summed E-state index contributed by atoms with van der Waals surface area (Å²) in [5, 5.41) is 37.2. The van der Waals surface area contributed by atoms with Crippen molar-refractivity contribution < 1.29 is 38.8 Å². The molecule has 6 aromatic rings. The average molecular weight is 992 g/mol. The molecule has 2 N–H and O–H groups in total. The van der Waals surface area contributed by atoms with E-state index in [2.05, 4.69) is 73.3 Å². The van der Waals surface area contributed by atoms with Gasteiger partial charge in [-0.15, -0.1) is 6.58 Å². The first kappa shape index (κ1) is 50.5. The maximum atomic E-state index is 15.8. The molecule has 11 nitrogen and oxygen atoms in total. The van der Waals surface area contributed by atoms with Gasteiger partial charge in [0, 0.05) is 49.6 Å². The van der Waals surface area contributed by atoms with Gasteiger partial charge < -0.3 is 38.9 Å². The number of nitriles is 1. The van der Waals surface area contributed by atoms with Crippen LogP contribution < -0.4 is 9.47 Å². The Kier molecular flexibility index (Phi) is 16.0. The minimum absolute atomic E-state index is 0.00657. The fourth-order valence-corrected chi connectivity index (χ4v) is 11.9. The number of aliphatic hydroxyl groups is 2. The molecule has 0 aromatic heterocycles. The van der Waals surface area contributed by atoms with Crippen LogP contribution in [0.5, 0.6) is 17.2 Å². The van der Waals surface area contributed by atoms with Crippen molar-refractivity contribution in [2.24, 2.45) is 22.9 Å². The number of hydrogen-bond acceptors (Lipinski definition) is 10. The number of carbonyl (C=O) groups is 1. The number of allylic oxidation sites excluding steroid dienone is 1. The number of unbranched alkanes of at least 4 members (excludes halogenated alkanes) is 2. The van der Waals surface area contributed by atoms with Crippen LogP contribution in [0.2, 0.25) is 0 Å². The van der Waals surface area contributed by atoms with E-state index in [1.54, 1.807) is 30.3 Å². The molecule has 4 aliphatic rings. The molecule has 1 saturated carbocycles. The van der Waals surface area contributed by atoms with Gasteiger partial charge in [-0.25, -0.2) is 0 Å². The quantitative estimate of drug-likeness (QED) is 0.0434. The van der Waals surface area contributed by atoms with Crippen LogP contribution in [-0.2, 0) is 20.9 Å². The summed E-state index contributed by atoms with van der Waals surface area (Å²) in [6, 6.07) is 46.9. The maximum Gasteiger partial charge on any atom is 0.254 e. The summed E-state index contributed by atoms with van der Waals surface area (Å²) in [6.45, 7) is 5.19. The summed E-state index contributed by atoms with van der Waals surface area (Å²) in [6.07, 6.45) is 10.9. The minimum atomic E-state index is -1.51. The van der Waals surface area contributed by atoms with Gasteiger partial charge in [-0.05, 0) is 138 Å². The third-order valence-electron chi connectivity index (χ3n) is 15.4. The Bertz CT molecular complexity index is 2990. The zero-order valence-electron chi connectivity index (χ0n) is 41.9. The number of aliphatic hydroxyl groups excluding tert-OH is 2. The highest BCUT2D eigenvalue weighted by molar-refractivity contribution is 6.03. The Balaban J connectivity index is 1.17. The van der Waals surface area contributed by atoms with Crippen molar-refractivity contribution in [3.8, 4) is 34.4 Å². The number of benzene rings is 6. The first-order chi connectivity index (χ1) is 36.4. The molecule has 10 rings (SSSR count). The molecule has 7 atom stereocenters. The highest BCUT2D eigenvalue weighted by Crippen LogP contribution is 2.62. The third-order valence-corrected chi connectivity index (χ3v) is 15.4. The molecular formula is C63H65N3O8. The van der Waals surface area contributed by atoms with Crippen LogP contribution in [0.3, 0.4) is 0 Å². The zero-order valence-corrected chi connectivity index (χ0v) is 41.9. The highest BCUT2D eigenvalue weighted by atomic mass is 16.8. The summed E-state index contributed by atoms with van der Waals surface area (Å²) in [4.78, 5) is 24.1. The molecule has 0 radical (unpaired) electrons. The van der Waals surface area contributed by atoms with E-state index in [9.17, 15) is 15.5 Å². The van der Waals surface area contributed by atoms with Crippen molar-refractivity contribution in [3.05, 3.63) is 186 Å². The number of ether oxygens (including phenoxy) is 4. The van der Waals surface area contributed by atoms with Gasteiger partial charge in [-0.1, -0.05) is 115 Å². The van der Waals surface area contributed by atoms with Crippen molar-refractivity contribution >= 4 is 22.4 Å². The lowest BCUT2D eigenvalue weighted by atomic mass is 9.55. The molecule has 6 aromatic carbocycles. The van der Waals surface area contributed by atoms with Crippen LogP contribution in [0.1, 0.15) is 97.2 Å². The lowest BCUT2D eigenvalue weighted by Gasteiger charge is -2.60. The van der Waals surface area contributed by atoms with Gasteiger partial charge in [0.05, 0.1) is 36.5 Å². The van der Waals surface area contributed by atoms with E-state index in [1.807, 2.05) is 65.6 Å². The molecule has 0 spiro atoms. The molecule has 2 aliphatic heterocycles. The van der Waals surface area contributed by atoms with Gasteiger partial charge in [0.25, 0.3) is 5.91 Å². The Morgan fingerprint density at radius 3 is 2.34 bits per heavy atom. The zero-order chi connectivity index (χ0) is 50.9. The molecule has 74 heavy (non-hydrogen) atoms. The van der Waals surface area contributed by atoms with Gasteiger partial charge in [0.1, 0.15) is 23.3 Å². The molecule has 2 fully saturated rings. The van der Waals surface area contributed by atoms with E-state index in [0.29, 0.717) is 60.0 Å². The van der Waals surface area contributed by atoms with Crippen molar-refractivity contribution in [2.75, 3.05) is 26.4 Å². The summed E-state index contributed by atoms with van der Waals surface area (Å²) in [5.41, 5.74) is 6.58. The van der Waals surface area contributed by atoms with Crippen LogP contribution in [-0.4, -0.2) is 71.3 Å². The van der Waals surface area contributed by atoms with Crippen LogP contribution in [0.15, 0.2) is 169 Å². The van der Waals surface area contributed by atoms with Crippen molar-refractivity contribution in [1.82, 2.24) is 4.90 Å². The Morgan fingerprint density at radius 1 is 0.838 bits per heavy atom. The minimum Gasteiger partial charge on any atom is -0.459 e. The number of hydrogen-bond donors (Lipinski definition) is 2. The largest absolute Gasteiger partial charge is 0.459 e. The normalized spacial score (nSPS) is 23.4. The fourth-order valence-electron chi connectivity index (χ4n) is 11.9. The number of fused-ring (bicyclic) bond motifs is 3. The monoisotopic (exact) mass is 991 g/mol. The molecule has 380 valence electrons. The van der Waals surface area contributed by atoms with Gasteiger partial charge >= 0.3 is 0 Å². The molecular weight excluding hydrogens is 927 g/mol. The van der Waals surface area contributed by atoms with Crippen molar-refractivity contribution in [1.29, 1.82) is 5.26 Å². The topological polar surface area (TPSA) is 143 Å². The summed E-state index contributed by atoms with van der Waals surface area (Å²) < 4.78 is 27.8. The van der Waals surface area contributed by atoms with Gasteiger partial charge in [0.2, 0.25) is 12.1 Å². The second-order valence-electron chi connectivity index (χ2n) is 19.9. The number of carbonyl (C=O) groups excluding carboxylic acids is 1. The van der Waals surface area contributed by atoms with Crippen molar-refractivity contribution in [2.45, 2.75) is 94.8 Å². The number of nitrogens with zero attached hydrogens (tertiary/aromatic N) is 3. The lowest BCUT2D eigenvalue weighted by Crippen LogP contribution is -2.70. The van der Waals surface area contributed by atoms with Crippen LogP contribution >= 0.6 is 0 Å². The summed E-state index contributed by atoms with van der Waals surface area (Å²) in [7, 11) is 0. The fraction of sp³-hybridized carbons (Fsp3) is 0.349. The smallest absolute Gasteiger partial charge is 0.254 e. The van der Waals surface area contributed by atoms with E-state index < -0.39 is 24.0 Å². The predicted molar refractivity (Wildman–Crippen MR) is 287 cm³/mol.